The van der Waals surface area contributed by atoms with Crippen LogP contribution in [0.4, 0.5) is 18.0 Å². The predicted octanol–water partition coefficient (Wildman–Crippen LogP) is 4.98. The van der Waals surface area contributed by atoms with Gasteiger partial charge in [-0.2, -0.15) is 13.2 Å². The third-order valence-electron chi connectivity index (χ3n) is 2.84. The van der Waals surface area contributed by atoms with Gasteiger partial charge in [0.25, 0.3) is 0 Å². The lowest BCUT2D eigenvalue weighted by atomic mass is 10.2. The maximum atomic E-state index is 12.7. The van der Waals surface area contributed by atoms with E-state index < -0.39 is 23.7 Å². The minimum atomic E-state index is -4.61. The number of nitrogens with one attached hydrogen (secondary N) is 3. The number of halogens is 5. The number of amides is 2. The van der Waals surface area contributed by atoms with Gasteiger partial charge in [0.15, 0.2) is 5.75 Å². The number of alkyl halides is 3. The van der Waals surface area contributed by atoms with Gasteiger partial charge in [0, 0.05) is 18.3 Å². The largest absolute Gasteiger partial charge is 0.436 e. The number of urea groups is 1. The summed E-state index contributed by atoms with van der Waals surface area (Å²) in [6.45, 7) is 3.91. The van der Waals surface area contributed by atoms with E-state index in [-0.39, 0.29) is 15.8 Å². The standard InChI is InChI=1S/C15H16Cl2F3N3O2/c1-3-9(23-14(24)22-4-2)7-12(21)25-13-10(16)5-8(6-11(13)17)15(18,19)20/h5-7,21H,3-4H2,1-2H3,(H2,22,23,24)/b9-7-,21-12?. The average molecular weight is 398 g/mol. The molecule has 0 aliphatic carbocycles. The molecule has 0 heterocycles. The molecule has 0 aliphatic heterocycles. The Bertz CT molecular complexity index is 668. The lowest BCUT2D eigenvalue weighted by molar-refractivity contribution is -0.137. The topological polar surface area (TPSA) is 74.2 Å². The Balaban J connectivity index is 2.96. The highest BCUT2D eigenvalue weighted by Crippen LogP contribution is 2.39. The fourth-order valence-electron chi connectivity index (χ4n) is 1.70. The molecule has 1 aromatic carbocycles. The summed E-state index contributed by atoms with van der Waals surface area (Å²) in [6.07, 6.45) is -3.01. The lowest BCUT2D eigenvalue weighted by Crippen LogP contribution is -2.34. The molecule has 138 valence electrons. The van der Waals surface area contributed by atoms with Crippen LogP contribution in [0.15, 0.2) is 23.9 Å². The number of ether oxygens (including phenoxy) is 1. The molecular weight excluding hydrogens is 382 g/mol. The van der Waals surface area contributed by atoms with Crippen LogP contribution in [0.2, 0.25) is 10.0 Å². The third kappa shape index (κ3) is 6.47. The second-order valence-electron chi connectivity index (χ2n) is 4.74. The van der Waals surface area contributed by atoms with Crippen LogP contribution in [0.3, 0.4) is 0 Å². The van der Waals surface area contributed by atoms with Gasteiger partial charge in [-0.05, 0) is 25.5 Å². The number of carbonyl (C=O) groups excluding carboxylic acids is 1. The van der Waals surface area contributed by atoms with Crippen molar-refractivity contribution in [1.29, 1.82) is 5.41 Å². The van der Waals surface area contributed by atoms with Gasteiger partial charge < -0.3 is 15.4 Å². The summed E-state index contributed by atoms with van der Waals surface area (Å²) in [5, 5.41) is 12.0. The van der Waals surface area contributed by atoms with E-state index in [0.717, 1.165) is 0 Å². The van der Waals surface area contributed by atoms with Crippen LogP contribution < -0.4 is 15.4 Å². The maximum absolute atomic E-state index is 12.7. The van der Waals surface area contributed by atoms with Crippen molar-refractivity contribution < 1.29 is 22.7 Å². The minimum absolute atomic E-state index is 0.272. The number of allylic oxidation sites excluding steroid dienone is 1. The molecule has 5 nitrogen and oxygen atoms in total. The number of rotatable bonds is 5. The van der Waals surface area contributed by atoms with Crippen molar-refractivity contribution in [2.45, 2.75) is 26.4 Å². The molecule has 0 unspecified atom stereocenters. The van der Waals surface area contributed by atoms with Crippen LogP contribution in [-0.2, 0) is 6.18 Å². The predicted molar refractivity (Wildman–Crippen MR) is 90.4 cm³/mol. The van der Waals surface area contributed by atoms with Gasteiger partial charge in [-0.15, -0.1) is 0 Å². The molecule has 0 radical (unpaired) electrons. The highest BCUT2D eigenvalue weighted by atomic mass is 35.5. The van der Waals surface area contributed by atoms with Gasteiger partial charge >= 0.3 is 12.2 Å². The molecule has 0 fully saturated rings. The second kappa shape index (κ2) is 8.96. The van der Waals surface area contributed by atoms with Crippen LogP contribution in [0.25, 0.3) is 0 Å². The molecule has 0 saturated heterocycles. The van der Waals surface area contributed by atoms with Gasteiger partial charge in [0.05, 0.1) is 15.6 Å². The zero-order valence-electron chi connectivity index (χ0n) is 13.4. The first-order valence-corrected chi connectivity index (χ1v) is 7.92. The van der Waals surface area contributed by atoms with E-state index in [1.54, 1.807) is 13.8 Å². The molecule has 25 heavy (non-hydrogen) atoms. The van der Waals surface area contributed by atoms with Crippen LogP contribution in [-0.4, -0.2) is 18.5 Å². The Morgan fingerprint density at radius 1 is 1.28 bits per heavy atom. The van der Waals surface area contributed by atoms with Crippen molar-refractivity contribution in [2.24, 2.45) is 0 Å². The van der Waals surface area contributed by atoms with E-state index in [9.17, 15) is 18.0 Å². The van der Waals surface area contributed by atoms with E-state index in [1.807, 2.05) is 0 Å². The average Bonchev–Trinajstić information content (AvgIpc) is 2.49. The van der Waals surface area contributed by atoms with Gasteiger partial charge in [0.1, 0.15) is 0 Å². The molecule has 0 atom stereocenters. The van der Waals surface area contributed by atoms with Gasteiger partial charge in [0.2, 0.25) is 5.90 Å². The fourth-order valence-corrected chi connectivity index (χ4v) is 2.26. The molecule has 1 rings (SSSR count). The third-order valence-corrected chi connectivity index (χ3v) is 3.40. The van der Waals surface area contributed by atoms with Crippen LogP contribution in [0.1, 0.15) is 25.8 Å². The Morgan fingerprint density at radius 2 is 1.84 bits per heavy atom. The highest BCUT2D eigenvalue weighted by molar-refractivity contribution is 6.37. The molecule has 3 N–H and O–H groups in total. The summed E-state index contributed by atoms with van der Waals surface area (Å²) in [7, 11) is 0. The molecule has 0 bridgehead atoms. The molecule has 0 aliphatic rings. The monoisotopic (exact) mass is 397 g/mol. The number of hydrogen-bond acceptors (Lipinski definition) is 3. The summed E-state index contributed by atoms with van der Waals surface area (Å²) in [4.78, 5) is 11.5. The molecule has 2 amide bonds. The first-order chi connectivity index (χ1) is 11.6. The molecule has 0 aromatic heterocycles. The molecule has 1 aromatic rings. The first-order valence-electron chi connectivity index (χ1n) is 7.16. The van der Waals surface area contributed by atoms with Crippen molar-refractivity contribution in [3.8, 4) is 5.75 Å². The highest BCUT2D eigenvalue weighted by Gasteiger charge is 2.32. The van der Waals surface area contributed by atoms with Gasteiger partial charge in [-0.25, -0.2) is 4.79 Å². The first kappa shape index (κ1) is 21.1. The number of benzene rings is 1. The van der Waals surface area contributed by atoms with E-state index in [1.165, 1.54) is 6.08 Å². The van der Waals surface area contributed by atoms with E-state index in [2.05, 4.69) is 10.6 Å². The van der Waals surface area contributed by atoms with Crippen molar-refractivity contribution in [1.82, 2.24) is 10.6 Å². The summed E-state index contributed by atoms with van der Waals surface area (Å²) in [5.74, 6) is -0.719. The summed E-state index contributed by atoms with van der Waals surface area (Å²) < 4.78 is 43.2. The Morgan fingerprint density at radius 3 is 2.28 bits per heavy atom. The fraction of sp³-hybridized carbons (Fsp3) is 0.333. The van der Waals surface area contributed by atoms with Gasteiger partial charge in [-0.1, -0.05) is 30.1 Å². The van der Waals surface area contributed by atoms with E-state index in [0.29, 0.717) is 30.8 Å². The summed E-state index contributed by atoms with van der Waals surface area (Å²) in [6, 6.07) is 0.870. The van der Waals surface area contributed by atoms with E-state index in [4.69, 9.17) is 33.3 Å². The molecule has 10 heteroatoms. The zero-order chi connectivity index (χ0) is 19.2. The molecule has 0 saturated carbocycles. The number of carbonyl (C=O) groups is 1. The Hall–Kier alpha value is -1.93. The summed E-state index contributed by atoms with van der Waals surface area (Å²) >= 11 is 11.5. The summed E-state index contributed by atoms with van der Waals surface area (Å²) in [5.41, 5.74) is -0.654. The van der Waals surface area contributed by atoms with Crippen molar-refractivity contribution >= 4 is 35.1 Å². The van der Waals surface area contributed by atoms with Crippen molar-refractivity contribution in [3.05, 3.63) is 39.5 Å². The van der Waals surface area contributed by atoms with Crippen molar-refractivity contribution in [3.63, 3.8) is 0 Å². The van der Waals surface area contributed by atoms with Crippen LogP contribution in [0, 0.1) is 5.41 Å². The zero-order valence-corrected chi connectivity index (χ0v) is 14.9. The van der Waals surface area contributed by atoms with Crippen LogP contribution >= 0.6 is 23.2 Å². The SMILES string of the molecule is CCNC(=O)N/C(=C\C(=N)Oc1c(Cl)cc(C(F)(F)F)cc1Cl)CC. The minimum Gasteiger partial charge on any atom is -0.436 e. The van der Waals surface area contributed by atoms with Gasteiger partial charge in [-0.3, -0.25) is 5.41 Å². The normalized spacial score (nSPS) is 11.9. The lowest BCUT2D eigenvalue weighted by Gasteiger charge is -2.13. The Labute approximate surface area is 152 Å². The quantitative estimate of drug-likeness (QED) is 0.483. The molecular formula is C15H16Cl2F3N3O2. The maximum Gasteiger partial charge on any atom is 0.416 e. The second-order valence-corrected chi connectivity index (χ2v) is 5.56. The smallest absolute Gasteiger partial charge is 0.416 e. The molecule has 0 spiro atoms. The number of hydrogen-bond donors (Lipinski definition) is 3. The van der Waals surface area contributed by atoms with Crippen LogP contribution in [0.5, 0.6) is 5.75 Å². The van der Waals surface area contributed by atoms with E-state index >= 15 is 0 Å². The van der Waals surface area contributed by atoms with Crippen molar-refractivity contribution in [2.75, 3.05) is 6.54 Å². The Kier molecular flexibility index (Phi) is 7.57.